The summed E-state index contributed by atoms with van der Waals surface area (Å²) in [5.41, 5.74) is 1.80. The van der Waals surface area contributed by atoms with Crippen molar-refractivity contribution in [1.29, 1.82) is 0 Å². The molecule has 0 radical (unpaired) electrons. The number of sulfonamides is 1. The van der Waals surface area contributed by atoms with Gasteiger partial charge in [0.1, 0.15) is 29.2 Å². The van der Waals surface area contributed by atoms with Gasteiger partial charge in [0.05, 0.1) is 48.5 Å². The summed E-state index contributed by atoms with van der Waals surface area (Å²) in [6.45, 7) is 4.58. The molecule has 0 aliphatic carbocycles. The molecular weight excluding hydrogens is 558 g/mol. The predicted molar refractivity (Wildman–Crippen MR) is 162 cm³/mol. The van der Waals surface area contributed by atoms with E-state index >= 15 is 0 Å². The normalized spacial score (nSPS) is 17.8. The van der Waals surface area contributed by atoms with Gasteiger partial charge >= 0.3 is 0 Å². The average molecular weight is 592 g/mol. The fourth-order valence-corrected chi connectivity index (χ4v) is 5.50. The monoisotopic (exact) mass is 591 g/mol. The van der Waals surface area contributed by atoms with Gasteiger partial charge in [0.15, 0.2) is 0 Å². The zero-order valence-electron chi connectivity index (χ0n) is 23.5. The summed E-state index contributed by atoms with van der Waals surface area (Å²) in [6.07, 6.45) is 5.52. The number of likely N-dealkylation sites (tertiary alicyclic amines) is 1. The summed E-state index contributed by atoms with van der Waals surface area (Å²) in [5, 5.41) is 3.88. The summed E-state index contributed by atoms with van der Waals surface area (Å²) in [6, 6.07) is 14.8. The maximum atomic E-state index is 11.8. The van der Waals surface area contributed by atoms with Crippen LogP contribution < -0.4 is 24.4 Å². The number of morpholine rings is 1. The molecule has 0 amide bonds. The number of nitrogens with one attached hydrogen (secondary N) is 2. The number of hydrogen-bond donors (Lipinski definition) is 2. The second-order valence-corrected chi connectivity index (χ2v) is 12.2. The molecule has 13 heteroatoms. The van der Waals surface area contributed by atoms with Crippen molar-refractivity contribution in [3.05, 3.63) is 60.9 Å². The molecule has 0 saturated carbocycles. The Morgan fingerprint density at radius 2 is 1.74 bits per heavy atom. The van der Waals surface area contributed by atoms with Crippen molar-refractivity contribution in [3.8, 4) is 17.4 Å². The number of likely N-dealkylation sites (N-methyl/N-ethyl adjacent to an activating group) is 1. The average Bonchev–Trinajstić information content (AvgIpc) is 3.39. The van der Waals surface area contributed by atoms with Gasteiger partial charge in [-0.2, -0.15) is 4.98 Å². The number of nitrogens with zero attached hydrogens (tertiary/aromatic N) is 5. The smallest absolute Gasteiger partial charge is 0.230 e. The van der Waals surface area contributed by atoms with Crippen LogP contribution in [0.25, 0.3) is 10.9 Å². The lowest BCUT2D eigenvalue weighted by Gasteiger charge is -2.28. The van der Waals surface area contributed by atoms with Crippen molar-refractivity contribution in [3.63, 3.8) is 0 Å². The summed E-state index contributed by atoms with van der Waals surface area (Å²) < 4.78 is 43.9. The van der Waals surface area contributed by atoms with Crippen molar-refractivity contribution >= 4 is 43.9 Å². The highest BCUT2D eigenvalue weighted by molar-refractivity contribution is 7.92. The fraction of sp³-hybridized carbons (Fsp3) is 0.345. The minimum absolute atomic E-state index is 0.197. The summed E-state index contributed by atoms with van der Waals surface area (Å²) >= 11 is 0. The minimum atomic E-state index is -3.48. The number of rotatable bonds is 9. The molecular formula is C29H33N7O5S. The minimum Gasteiger partial charge on any atom is -0.487 e. The largest absolute Gasteiger partial charge is 0.487 e. The van der Waals surface area contributed by atoms with Crippen molar-refractivity contribution < 1.29 is 22.6 Å². The van der Waals surface area contributed by atoms with E-state index in [0.29, 0.717) is 66.2 Å². The number of anilines is 4. The van der Waals surface area contributed by atoms with Gasteiger partial charge in [-0.25, -0.2) is 13.4 Å². The van der Waals surface area contributed by atoms with Crippen molar-refractivity contribution in [1.82, 2.24) is 19.9 Å². The molecule has 12 nitrogen and oxygen atoms in total. The molecule has 4 aromatic rings. The Kier molecular flexibility index (Phi) is 7.96. The number of fused-ring (bicyclic) bond motifs is 1. The van der Waals surface area contributed by atoms with Gasteiger partial charge in [-0.05, 0) is 55.9 Å². The zero-order valence-corrected chi connectivity index (χ0v) is 24.3. The molecule has 0 spiro atoms. The highest BCUT2D eigenvalue weighted by Gasteiger charge is 2.21. The predicted octanol–water partition coefficient (Wildman–Crippen LogP) is 3.85. The summed E-state index contributed by atoms with van der Waals surface area (Å²) in [5.74, 6) is 3.06. The lowest BCUT2D eigenvalue weighted by atomic mass is 10.2. The molecule has 1 aromatic carbocycles. The fourth-order valence-electron chi connectivity index (χ4n) is 4.96. The van der Waals surface area contributed by atoms with Gasteiger partial charge in [-0.3, -0.25) is 9.71 Å². The van der Waals surface area contributed by atoms with Crippen LogP contribution in [0.4, 0.5) is 23.0 Å². The number of benzene rings is 1. The summed E-state index contributed by atoms with van der Waals surface area (Å²) in [4.78, 5) is 18.1. The third-order valence-corrected chi connectivity index (χ3v) is 7.60. The topological polar surface area (TPSA) is 131 Å². The number of hydrogen-bond acceptors (Lipinski definition) is 11. The molecule has 2 saturated heterocycles. The van der Waals surface area contributed by atoms with Crippen LogP contribution in [0.2, 0.25) is 0 Å². The van der Waals surface area contributed by atoms with E-state index < -0.39 is 10.0 Å². The van der Waals surface area contributed by atoms with Crippen LogP contribution in [0.15, 0.2) is 60.9 Å². The van der Waals surface area contributed by atoms with Crippen LogP contribution >= 0.6 is 0 Å². The van der Waals surface area contributed by atoms with Crippen LogP contribution in [0, 0.1) is 0 Å². The third kappa shape index (κ3) is 6.98. The van der Waals surface area contributed by atoms with E-state index in [1.54, 1.807) is 12.3 Å². The Hall–Kier alpha value is -4.20. The molecule has 220 valence electrons. The zero-order chi connectivity index (χ0) is 29.1. The van der Waals surface area contributed by atoms with Crippen LogP contribution in [-0.2, 0) is 14.8 Å². The highest BCUT2D eigenvalue weighted by atomic mass is 32.2. The third-order valence-electron chi connectivity index (χ3n) is 7.00. The van der Waals surface area contributed by atoms with Crippen molar-refractivity contribution in [2.75, 3.05) is 67.6 Å². The molecule has 0 bridgehead atoms. The second kappa shape index (κ2) is 12.0. The first-order valence-electron chi connectivity index (χ1n) is 13.7. The van der Waals surface area contributed by atoms with Crippen molar-refractivity contribution in [2.45, 2.75) is 12.5 Å². The Morgan fingerprint density at radius 1 is 0.952 bits per heavy atom. The van der Waals surface area contributed by atoms with Crippen molar-refractivity contribution in [2.24, 2.45) is 0 Å². The van der Waals surface area contributed by atoms with Gasteiger partial charge in [0.2, 0.25) is 15.9 Å². The first-order valence-corrected chi connectivity index (χ1v) is 15.6. The van der Waals surface area contributed by atoms with Gasteiger partial charge in [-0.1, -0.05) is 0 Å². The number of ether oxygens (including phenoxy) is 3. The SMILES string of the molecule is CN1CCC(Oc2ccc(Nc3ccc(Oc4nc(N5CCOCC5)cc5ncc(NS(C)(=O)=O)cc45)cc3)nc2)C1. The molecule has 42 heavy (non-hydrogen) atoms. The molecule has 2 fully saturated rings. The molecule has 2 N–H and O–H groups in total. The van der Waals surface area contributed by atoms with Crippen LogP contribution in [0.1, 0.15) is 6.42 Å². The van der Waals surface area contributed by atoms with Crippen LogP contribution in [0.3, 0.4) is 0 Å². The Labute approximate surface area is 244 Å². The van der Waals surface area contributed by atoms with Gasteiger partial charge in [0.25, 0.3) is 0 Å². The molecule has 2 aliphatic rings. The van der Waals surface area contributed by atoms with E-state index in [0.717, 1.165) is 37.2 Å². The molecule has 6 rings (SSSR count). The molecule has 5 heterocycles. The Bertz CT molecular complexity index is 1650. The molecule has 3 aromatic heterocycles. The van der Waals surface area contributed by atoms with Gasteiger partial charge in [-0.15, -0.1) is 0 Å². The number of pyridine rings is 3. The Morgan fingerprint density at radius 3 is 2.43 bits per heavy atom. The lowest BCUT2D eigenvalue weighted by molar-refractivity contribution is 0.122. The second-order valence-electron chi connectivity index (χ2n) is 10.5. The van der Waals surface area contributed by atoms with Gasteiger partial charge in [0, 0.05) is 37.9 Å². The highest BCUT2D eigenvalue weighted by Crippen LogP contribution is 2.33. The first kappa shape index (κ1) is 27.9. The molecule has 2 aliphatic heterocycles. The maximum Gasteiger partial charge on any atom is 0.230 e. The molecule has 1 unspecified atom stereocenters. The maximum absolute atomic E-state index is 11.8. The van der Waals surface area contributed by atoms with E-state index in [4.69, 9.17) is 19.2 Å². The Balaban J connectivity index is 1.19. The van der Waals surface area contributed by atoms with E-state index in [2.05, 4.69) is 36.9 Å². The van der Waals surface area contributed by atoms with E-state index in [-0.39, 0.29) is 6.10 Å². The molecule has 1 atom stereocenters. The standard InChI is InChI=1S/C29H33N7O5S/c1-35-10-9-24(19-35)40-23-7-8-27(31-18-23)32-20-3-5-22(6-4-20)41-29-25-15-21(34-42(2,37)38)17-30-26(25)16-28(33-29)36-11-13-39-14-12-36/h3-8,15-18,24,34H,9-14,19H2,1-2H3,(H,31,32). The quantitative estimate of drug-likeness (QED) is 0.294. The lowest BCUT2D eigenvalue weighted by Crippen LogP contribution is -2.36. The van der Waals surface area contributed by atoms with E-state index in [1.165, 1.54) is 6.20 Å². The first-order chi connectivity index (χ1) is 20.3. The van der Waals surface area contributed by atoms with E-state index in [9.17, 15) is 8.42 Å². The van der Waals surface area contributed by atoms with Gasteiger partial charge < -0.3 is 29.3 Å². The number of aromatic nitrogens is 3. The van der Waals surface area contributed by atoms with E-state index in [1.807, 2.05) is 42.5 Å². The summed E-state index contributed by atoms with van der Waals surface area (Å²) in [7, 11) is -1.38. The van der Waals surface area contributed by atoms with Crippen LogP contribution in [0.5, 0.6) is 17.4 Å². The van der Waals surface area contributed by atoms with Crippen LogP contribution in [-0.4, -0.2) is 87.1 Å².